The van der Waals surface area contributed by atoms with E-state index in [0.29, 0.717) is 5.82 Å². The number of carbonyl (C=O) groups is 1. The summed E-state index contributed by atoms with van der Waals surface area (Å²) in [6.45, 7) is 3.78. The molecule has 1 amide bonds. The Morgan fingerprint density at radius 2 is 2.15 bits per heavy atom. The Hall–Kier alpha value is -1.52. The van der Waals surface area contributed by atoms with Gasteiger partial charge < -0.3 is 4.74 Å². The summed E-state index contributed by atoms with van der Waals surface area (Å²) in [5.74, 6) is 0.671. The molecule has 0 saturated carbocycles. The molecule has 0 atom stereocenters. The molecule has 1 aromatic rings. The monoisotopic (exact) mass is 183 g/mol. The van der Waals surface area contributed by atoms with E-state index in [1.807, 2.05) is 13.8 Å². The Labute approximate surface area is 76.7 Å². The van der Waals surface area contributed by atoms with E-state index >= 15 is 0 Å². The zero-order valence-corrected chi connectivity index (χ0v) is 8.21. The molecular formula is C8H13N3O2. The molecule has 5 nitrogen and oxygen atoms in total. The molecule has 0 fully saturated rings. The minimum atomic E-state index is -0.480. The topological polar surface area (TPSA) is 56.1 Å². The molecule has 0 saturated heterocycles. The Kier molecular flexibility index (Phi) is 2.55. The molecular weight excluding hydrogens is 170 g/mol. The van der Waals surface area contributed by atoms with Gasteiger partial charge in [-0.15, -0.1) is 0 Å². The van der Waals surface area contributed by atoms with Crippen LogP contribution in [0.3, 0.4) is 0 Å². The van der Waals surface area contributed by atoms with Crippen molar-refractivity contribution < 1.29 is 9.53 Å². The minimum Gasteiger partial charge on any atom is -0.453 e. The van der Waals surface area contributed by atoms with Crippen molar-refractivity contribution in [3.8, 4) is 0 Å². The summed E-state index contributed by atoms with van der Waals surface area (Å²) < 4.78 is 6.09. The van der Waals surface area contributed by atoms with Crippen LogP contribution in [0.4, 0.5) is 10.6 Å². The van der Waals surface area contributed by atoms with E-state index in [-0.39, 0.29) is 0 Å². The molecule has 0 bridgehead atoms. The maximum absolute atomic E-state index is 10.9. The van der Waals surface area contributed by atoms with Gasteiger partial charge in [0.05, 0.1) is 12.8 Å². The van der Waals surface area contributed by atoms with Crippen LogP contribution in [-0.2, 0) is 11.8 Å². The van der Waals surface area contributed by atoms with Gasteiger partial charge in [0.2, 0.25) is 0 Å². The molecule has 0 aliphatic heterocycles. The second kappa shape index (κ2) is 3.47. The first kappa shape index (κ1) is 9.57. The number of methoxy groups -OCH3 is 1. The molecule has 0 aliphatic rings. The molecule has 0 unspecified atom stereocenters. The van der Waals surface area contributed by atoms with Gasteiger partial charge >= 0.3 is 6.09 Å². The van der Waals surface area contributed by atoms with Crippen molar-refractivity contribution >= 4 is 11.9 Å². The molecule has 1 aromatic heterocycles. The number of amides is 1. The summed E-state index contributed by atoms with van der Waals surface area (Å²) >= 11 is 0. The molecule has 0 aliphatic carbocycles. The third-order valence-corrected chi connectivity index (χ3v) is 1.93. The van der Waals surface area contributed by atoms with Crippen molar-refractivity contribution in [2.45, 2.75) is 13.8 Å². The Morgan fingerprint density at radius 1 is 1.54 bits per heavy atom. The van der Waals surface area contributed by atoms with Gasteiger partial charge in [-0.25, -0.2) is 4.79 Å². The molecule has 1 rings (SSSR count). The fraction of sp³-hybridized carbons (Fsp3) is 0.500. The third-order valence-electron chi connectivity index (χ3n) is 1.93. The van der Waals surface area contributed by atoms with Crippen LogP contribution in [0.1, 0.15) is 11.3 Å². The Bertz CT molecular complexity index is 330. The summed E-state index contributed by atoms with van der Waals surface area (Å²) in [6, 6.07) is 0. The highest BCUT2D eigenvalue weighted by atomic mass is 16.5. The lowest BCUT2D eigenvalue weighted by Gasteiger charge is -2.04. The van der Waals surface area contributed by atoms with E-state index in [9.17, 15) is 4.79 Å². The summed E-state index contributed by atoms with van der Waals surface area (Å²) in [6.07, 6.45) is -0.480. The first-order chi connectivity index (χ1) is 6.06. The van der Waals surface area contributed by atoms with Crippen molar-refractivity contribution in [1.82, 2.24) is 9.78 Å². The van der Waals surface area contributed by atoms with Crippen molar-refractivity contribution in [2.24, 2.45) is 7.05 Å². The number of anilines is 1. The maximum Gasteiger partial charge on any atom is 0.412 e. The number of aromatic nitrogens is 2. The molecule has 1 N–H and O–H groups in total. The van der Waals surface area contributed by atoms with Gasteiger partial charge in [-0.05, 0) is 13.8 Å². The van der Waals surface area contributed by atoms with E-state index in [1.54, 1.807) is 11.7 Å². The first-order valence-electron chi connectivity index (χ1n) is 3.91. The van der Waals surface area contributed by atoms with E-state index in [4.69, 9.17) is 0 Å². The van der Waals surface area contributed by atoms with Crippen molar-refractivity contribution in [3.05, 3.63) is 11.3 Å². The number of aryl methyl sites for hydroxylation is 2. The summed E-state index contributed by atoms with van der Waals surface area (Å²) in [5, 5.41) is 6.73. The second-order valence-corrected chi connectivity index (χ2v) is 2.80. The van der Waals surface area contributed by atoms with Crippen LogP contribution in [0.5, 0.6) is 0 Å². The van der Waals surface area contributed by atoms with E-state index in [2.05, 4.69) is 15.2 Å². The highest BCUT2D eigenvalue weighted by Crippen LogP contribution is 2.16. The van der Waals surface area contributed by atoms with Crippen molar-refractivity contribution in [2.75, 3.05) is 12.4 Å². The molecule has 0 radical (unpaired) electrons. The Balaban J connectivity index is 2.94. The lowest BCUT2D eigenvalue weighted by atomic mass is 10.3. The van der Waals surface area contributed by atoms with Gasteiger partial charge in [0.1, 0.15) is 5.82 Å². The van der Waals surface area contributed by atoms with Crippen LogP contribution in [0.15, 0.2) is 0 Å². The van der Waals surface area contributed by atoms with Gasteiger partial charge in [0.15, 0.2) is 0 Å². The van der Waals surface area contributed by atoms with Crippen LogP contribution >= 0.6 is 0 Å². The molecule has 72 valence electrons. The zero-order valence-electron chi connectivity index (χ0n) is 8.21. The fourth-order valence-corrected chi connectivity index (χ4v) is 1.09. The van der Waals surface area contributed by atoms with E-state index in [1.165, 1.54) is 7.11 Å². The number of hydrogen-bond acceptors (Lipinski definition) is 3. The van der Waals surface area contributed by atoms with Crippen LogP contribution in [0.25, 0.3) is 0 Å². The molecule has 13 heavy (non-hydrogen) atoms. The first-order valence-corrected chi connectivity index (χ1v) is 3.91. The number of carbonyl (C=O) groups excluding carboxylic acids is 1. The second-order valence-electron chi connectivity index (χ2n) is 2.80. The molecule has 5 heteroatoms. The zero-order chi connectivity index (χ0) is 10.0. The fourth-order valence-electron chi connectivity index (χ4n) is 1.09. The third kappa shape index (κ3) is 1.80. The van der Waals surface area contributed by atoms with Crippen LogP contribution < -0.4 is 5.32 Å². The molecule has 1 heterocycles. The molecule has 0 aromatic carbocycles. The standard InChI is InChI=1S/C8H13N3O2/c1-5-6(2)10-11(3)7(5)9-8(12)13-4/h1-4H3,(H,9,12). The van der Waals surface area contributed by atoms with E-state index < -0.39 is 6.09 Å². The number of nitrogens with one attached hydrogen (secondary N) is 1. The lowest BCUT2D eigenvalue weighted by Crippen LogP contribution is -2.14. The van der Waals surface area contributed by atoms with Crippen molar-refractivity contribution in [1.29, 1.82) is 0 Å². The summed E-state index contributed by atoms with van der Waals surface area (Å²) in [7, 11) is 3.10. The largest absolute Gasteiger partial charge is 0.453 e. The van der Waals surface area contributed by atoms with Crippen molar-refractivity contribution in [3.63, 3.8) is 0 Å². The van der Waals surface area contributed by atoms with E-state index in [0.717, 1.165) is 11.3 Å². The van der Waals surface area contributed by atoms with Gasteiger partial charge in [-0.1, -0.05) is 0 Å². The molecule has 0 spiro atoms. The van der Waals surface area contributed by atoms with Gasteiger partial charge in [0, 0.05) is 12.6 Å². The number of nitrogens with zero attached hydrogens (tertiary/aromatic N) is 2. The SMILES string of the molecule is COC(=O)Nc1c(C)c(C)nn1C. The number of hydrogen-bond donors (Lipinski definition) is 1. The predicted molar refractivity (Wildman–Crippen MR) is 48.7 cm³/mol. The number of rotatable bonds is 1. The van der Waals surface area contributed by atoms with Gasteiger partial charge in [0.25, 0.3) is 0 Å². The van der Waals surface area contributed by atoms with Crippen LogP contribution in [0, 0.1) is 13.8 Å². The minimum absolute atomic E-state index is 0.480. The smallest absolute Gasteiger partial charge is 0.412 e. The Morgan fingerprint density at radius 3 is 2.54 bits per heavy atom. The van der Waals surface area contributed by atoms with Crippen LogP contribution in [-0.4, -0.2) is 23.0 Å². The normalized spacial score (nSPS) is 9.85. The maximum atomic E-state index is 10.9. The number of ether oxygens (including phenoxy) is 1. The summed E-state index contributed by atoms with van der Waals surface area (Å²) in [5.41, 5.74) is 1.85. The highest BCUT2D eigenvalue weighted by molar-refractivity contribution is 5.84. The average Bonchev–Trinajstić information content (AvgIpc) is 2.32. The quantitative estimate of drug-likeness (QED) is 0.712. The van der Waals surface area contributed by atoms with Gasteiger partial charge in [-0.3, -0.25) is 10.00 Å². The van der Waals surface area contributed by atoms with Crippen LogP contribution in [0.2, 0.25) is 0 Å². The lowest BCUT2D eigenvalue weighted by molar-refractivity contribution is 0.186. The summed E-state index contributed by atoms with van der Waals surface area (Å²) in [4.78, 5) is 10.9. The average molecular weight is 183 g/mol. The predicted octanol–water partition coefficient (Wildman–Crippen LogP) is 1.22. The highest BCUT2D eigenvalue weighted by Gasteiger charge is 2.11. The van der Waals surface area contributed by atoms with Gasteiger partial charge in [-0.2, -0.15) is 5.10 Å².